The second kappa shape index (κ2) is 1.64. The van der Waals surface area contributed by atoms with E-state index >= 15 is 0 Å². The van der Waals surface area contributed by atoms with Crippen molar-refractivity contribution < 1.29 is 13.2 Å². The Kier molecular flexibility index (Phi) is 1.21. The Morgan fingerprint density at radius 1 is 1.50 bits per heavy atom. The highest BCUT2D eigenvalue weighted by Gasteiger charge is 2.44. The second-order valence-electron chi connectivity index (χ2n) is 1.92. The highest BCUT2D eigenvalue weighted by molar-refractivity contribution is 4.97. The van der Waals surface area contributed by atoms with Crippen LogP contribution in [0.5, 0.6) is 0 Å². The van der Waals surface area contributed by atoms with E-state index in [1.807, 2.05) is 0 Å². The lowest BCUT2D eigenvalue weighted by Crippen LogP contribution is -2.22. The third kappa shape index (κ3) is 0.812. The predicted octanol–water partition coefficient (Wildman–Crippen LogP) is 1.96. The van der Waals surface area contributed by atoms with Crippen LogP contribution in [-0.2, 0) is 0 Å². The first-order chi connectivity index (χ1) is 3.63. The molecule has 1 fully saturated rings. The fraction of sp³-hybridized carbons (Fsp3) is 0.800. The summed E-state index contributed by atoms with van der Waals surface area (Å²) in [4.78, 5) is 0. The molecule has 0 spiro atoms. The van der Waals surface area contributed by atoms with Gasteiger partial charge in [-0.05, 0) is 12.8 Å². The van der Waals surface area contributed by atoms with Gasteiger partial charge >= 0.3 is 0 Å². The monoisotopic (exact) mass is 123 g/mol. The molecule has 47 valence electrons. The van der Waals surface area contributed by atoms with Crippen molar-refractivity contribution in [3.8, 4) is 0 Å². The van der Waals surface area contributed by atoms with Crippen molar-refractivity contribution >= 4 is 0 Å². The van der Waals surface area contributed by atoms with Gasteiger partial charge in [0.05, 0.1) is 0 Å². The van der Waals surface area contributed by atoms with Gasteiger partial charge in [0.15, 0.2) is 6.17 Å². The quantitative estimate of drug-likeness (QED) is 0.462. The molecule has 0 nitrogen and oxygen atoms in total. The molecular weight excluding hydrogens is 117 g/mol. The molecule has 0 saturated heterocycles. The van der Waals surface area contributed by atoms with E-state index in [9.17, 15) is 13.2 Å². The van der Waals surface area contributed by atoms with Gasteiger partial charge in [-0.3, -0.25) is 0 Å². The van der Waals surface area contributed by atoms with Crippen molar-refractivity contribution in [3.05, 3.63) is 6.42 Å². The van der Waals surface area contributed by atoms with Gasteiger partial charge < -0.3 is 0 Å². The molecule has 1 unspecified atom stereocenters. The third-order valence-electron chi connectivity index (χ3n) is 1.25. The molecule has 8 heavy (non-hydrogen) atoms. The van der Waals surface area contributed by atoms with Crippen molar-refractivity contribution in [2.75, 3.05) is 0 Å². The Morgan fingerprint density at radius 3 is 2.25 bits per heavy atom. The lowest BCUT2D eigenvalue weighted by atomic mass is 10.3. The largest absolute Gasteiger partial charge is 0.281 e. The zero-order chi connectivity index (χ0) is 6.20. The van der Waals surface area contributed by atoms with Crippen LogP contribution in [0.25, 0.3) is 0 Å². The van der Waals surface area contributed by atoms with Gasteiger partial charge in [0.1, 0.15) is 0 Å². The molecule has 0 aromatic rings. The Labute approximate surface area is 45.7 Å². The Bertz CT molecular complexity index is 89.7. The van der Waals surface area contributed by atoms with Crippen molar-refractivity contribution in [3.63, 3.8) is 0 Å². The molecule has 1 atom stereocenters. The lowest BCUT2D eigenvalue weighted by Gasteiger charge is -2.08. The average Bonchev–Trinajstić information content (AvgIpc) is 1.86. The standard InChI is InChI=1S/C5H6F3/c6-4-2-1-3-5(4,7)8/h3-4H,1-2H2. The maximum Gasteiger partial charge on any atom is 0.281 e. The third-order valence-corrected chi connectivity index (χ3v) is 1.25. The van der Waals surface area contributed by atoms with Crippen LogP contribution < -0.4 is 0 Å². The van der Waals surface area contributed by atoms with E-state index in [0.29, 0.717) is 0 Å². The van der Waals surface area contributed by atoms with E-state index in [4.69, 9.17) is 0 Å². The van der Waals surface area contributed by atoms with E-state index < -0.39 is 12.1 Å². The molecule has 0 aromatic carbocycles. The first-order valence-electron chi connectivity index (χ1n) is 2.49. The zero-order valence-electron chi connectivity index (χ0n) is 4.20. The summed E-state index contributed by atoms with van der Waals surface area (Å²) in [6.07, 6.45) is -1.01. The van der Waals surface area contributed by atoms with Gasteiger partial charge in [-0.2, -0.15) is 0 Å². The van der Waals surface area contributed by atoms with Crippen molar-refractivity contribution in [2.24, 2.45) is 0 Å². The van der Waals surface area contributed by atoms with Gasteiger partial charge in [-0.25, -0.2) is 13.2 Å². The minimum absolute atomic E-state index is 0.0208. The summed E-state index contributed by atoms with van der Waals surface area (Å²) < 4.78 is 35.7. The average molecular weight is 123 g/mol. The SMILES string of the molecule is FC1CC[CH]C1(F)F. The van der Waals surface area contributed by atoms with E-state index in [0.717, 1.165) is 6.42 Å². The van der Waals surface area contributed by atoms with Crippen LogP contribution in [0.3, 0.4) is 0 Å². The molecule has 0 bridgehead atoms. The first kappa shape index (κ1) is 5.92. The Morgan fingerprint density at radius 2 is 2.12 bits per heavy atom. The van der Waals surface area contributed by atoms with Crippen LogP contribution >= 0.6 is 0 Å². The van der Waals surface area contributed by atoms with Gasteiger partial charge in [-0.1, -0.05) is 0 Å². The molecule has 0 amide bonds. The molecule has 3 heteroatoms. The maximum absolute atomic E-state index is 11.9. The summed E-state index contributed by atoms with van der Waals surface area (Å²) in [6.45, 7) is 0. The van der Waals surface area contributed by atoms with Crippen LogP contribution in [0.1, 0.15) is 12.8 Å². The summed E-state index contributed by atoms with van der Waals surface area (Å²) in [5.74, 6) is -3.14. The van der Waals surface area contributed by atoms with Crippen LogP contribution in [0, 0.1) is 6.42 Å². The molecule has 1 rings (SSSR count). The summed E-state index contributed by atoms with van der Waals surface area (Å²) >= 11 is 0. The van der Waals surface area contributed by atoms with E-state index in [1.165, 1.54) is 0 Å². The van der Waals surface area contributed by atoms with Gasteiger partial charge in [-0.15, -0.1) is 0 Å². The summed E-state index contributed by atoms with van der Waals surface area (Å²) in [5.41, 5.74) is 0. The van der Waals surface area contributed by atoms with E-state index in [1.54, 1.807) is 0 Å². The topological polar surface area (TPSA) is 0 Å². The number of hydrogen-bond acceptors (Lipinski definition) is 0. The Hall–Kier alpha value is -0.210. The number of rotatable bonds is 0. The van der Waals surface area contributed by atoms with Gasteiger partial charge in [0.2, 0.25) is 0 Å². The summed E-state index contributed by atoms with van der Waals surface area (Å²) in [5, 5.41) is 0. The van der Waals surface area contributed by atoms with Crippen LogP contribution in [-0.4, -0.2) is 12.1 Å². The van der Waals surface area contributed by atoms with Crippen LogP contribution in [0.4, 0.5) is 13.2 Å². The zero-order valence-corrected chi connectivity index (χ0v) is 4.20. The number of hydrogen-bond donors (Lipinski definition) is 0. The van der Waals surface area contributed by atoms with Crippen LogP contribution in [0.15, 0.2) is 0 Å². The molecule has 0 aromatic heterocycles. The van der Waals surface area contributed by atoms with Crippen LogP contribution in [0.2, 0.25) is 0 Å². The molecule has 1 aliphatic carbocycles. The molecular formula is C5H6F3. The summed E-state index contributed by atoms with van der Waals surface area (Å²) in [6, 6.07) is 0. The molecule has 0 heterocycles. The number of halogens is 3. The van der Waals surface area contributed by atoms with Gasteiger partial charge in [0.25, 0.3) is 5.92 Å². The highest BCUT2D eigenvalue weighted by atomic mass is 19.3. The van der Waals surface area contributed by atoms with E-state index in [-0.39, 0.29) is 12.8 Å². The number of alkyl halides is 3. The van der Waals surface area contributed by atoms with E-state index in [2.05, 4.69) is 0 Å². The second-order valence-corrected chi connectivity index (χ2v) is 1.92. The molecule has 1 saturated carbocycles. The Balaban J connectivity index is 2.54. The smallest absolute Gasteiger partial charge is 0.241 e. The lowest BCUT2D eigenvalue weighted by molar-refractivity contribution is -0.0218. The molecule has 0 N–H and O–H groups in total. The van der Waals surface area contributed by atoms with Gasteiger partial charge in [0, 0.05) is 6.42 Å². The van der Waals surface area contributed by atoms with Crippen molar-refractivity contribution in [2.45, 2.75) is 24.9 Å². The normalized spacial score (nSPS) is 35.6. The first-order valence-corrected chi connectivity index (χ1v) is 2.49. The summed E-state index contributed by atoms with van der Waals surface area (Å²) in [7, 11) is 0. The highest BCUT2D eigenvalue weighted by Crippen LogP contribution is 2.35. The van der Waals surface area contributed by atoms with Crippen molar-refractivity contribution in [1.82, 2.24) is 0 Å². The molecule has 0 aliphatic heterocycles. The predicted molar refractivity (Wildman–Crippen MR) is 23.4 cm³/mol. The maximum atomic E-state index is 11.9. The molecule has 1 radical (unpaired) electrons. The minimum Gasteiger partial charge on any atom is -0.241 e. The van der Waals surface area contributed by atoms with Crippen molar-refractivity contribution in [1.29, 1.82) is 0 Å². The fourth-order valence-corrected chi connectivity index (χ4v) is 0.742. The minimum atomic E-state index is -3.14. The fourth-order valence-electron chi connectivity index (χ4n) is 0.742. The molecule has 1 aliphatic rings.